The predicted molar refractivity (Wildman–Crippen MR) is 70.8 cm³/mol. The third-order valence-corrected chi connectivity index (χ3v) is 2.57. The molecule has 0 aliphatic carbocycles. The minimum atomic E-state index is 0.566. The SMILES string of the molecule is CNc1nccc(N(C)c2cccc(C#N)c2)n1. The van der Waals surface area contributed by atoms with E-state index in [1.807, 2.05) is 36.2 Å². The quantitative estimate of drug-likeness (QED) is 0.889. The second-order valence-corrected chi connectivity index (χ2v) is 3.71. The van der Waals surface area contributed by atoms with Gasteiger partial charge in [0, 0.05) is 26.0 Å². The highest BCUT2D eigenvalue weighted by molar-refractivity contribution is 5.61. The lowest BCUT2D eigenvalue weighted by Gasteiger charge is -2.18. The highest BCUT2D eigenvalue weighted by Crippen LogP contribution is 2.22. The zero-order chi connectivity index (χ0) is 13.0. The maximum absolute atomic E-state index is 8.89. The summed E-state index contributed by atoms with van der Waals surface area (Å²) in [6.45, 7) is 0. The highest BCUT2D eigenvalue weighted by atomic mass is 15.2. The molecular weight excluding hydrogens is 226 g/mol. The van der Waals surface area contributed by atoms with E-state index in [4.69, 9.17) is 5.26 Å². The normalized spacial score (nSPS) is 9.61. The Hall–Kier alpha value is -2.61. The molecule has 5 heteroatoms. The summed E-state index contributed by atoms with van der Waals surface area (Å²) in [5.74, 6) is 1.33. The molecule has 2 rings (SSSR count). The molecule has 18 heavy (non-hydrogen) atoms. The van der Waals surface area contributed by atoms with Crippen molar-refractivity contribution in [2.75, 3.05) is 24.3 Å². The predicted octanol–water partition coefficient (Wildman–Crippen LogP) is 2.16. The van der Waals surface area contributed by atoms with E-state index in [2.05, 4.69) is 21.4 Å². The van der Waals surface area contributed by atoms with E-state index in [-0.39, 0.29) is 0 Å². The average Bonchev–Trinajstić information content (AvgIpc) is 2.46. The lowest BCUT2D eigenvalue weighted by Crippen LogP contribution is -2.12. The number of anilines is 3. The number of rotatable bonds is 3. The van der Waals surface area contributed by atoms with Gasteiger partial charge in [-0.15, -0.1) is 0 Å². The zero-order valence-electron chi connectivity index (χ0n) is 10.3. The Morgan fingerprint density at radius 3 is 2.89 bits per heavy atom. The maximum Gasteiger partial charge on any atom is 0.224 e. The number of hydrogen-bond donors (Lipinski definition) is 1. The number of hydrogen-bond acceptors (Lipinski definition) is 5. The molecule has 0 radical (unpaired) electrons. The van der Waals surface area contributed by atoms with Crippen LogP contribution in [-0.2, 0) is 0 Å². The van der Waals surface area contributed by atoms with Crippen molar-refractivity contribution in [3.8, 4) is 6.07 Å². The first kappa shape index (κ1) is 11.9. The van der Waals surface area contributed by atoms with Gasteiger partial charge in [-0.2, -0.15) is 10.2 Å². The van der Waals surface area contributed by atoms with Crippen LogP contribution in [0.1, 0.15) is 5.56 Å². The lowest BCUT2D eigenvalue weighted by molar-refractivity contribution is 1.08. The molecular formula is C13H13N5. The molecule has 0 saturated heterocycles. The van der Waals surface area contributed by atoms with Gasteiger partial charge in [-0.3, -0.25) is 0 Å². The Labute approximate surface area is 106 Å². The minimum Gasteiger partial charge on any atom is -0.357 e. The van der Waals surface area contributed by atoms with E-state index in [1.54, 1.807) is 19.3 Å². The summed E-state index contributed by atoms with van der Waals surface area (Å²) in [4.78, 5) is 10.3. The lowest BCUT2D eigenvalue weighted by atomic mass is 10.2. The van der Waals surface area contributed by atoms with Crippen LogP contribution in [0, 0.1) is 11.3 Å². The van der Waals surface area contributed by atoms with Crippen molar-refractivity contribution in [2.45, 2.75) is 0 Å². The molecule has 5 nitrogen and oxygen atoms in total. The summed E-state index contributed by atoms with van der Waals surface area (Å²) in [7, 11) is 3.67. The summed E-state index contributed by atoms with van der Waals surface area (Å²) in [5, 5.41) is 11.8. The Bertz CT molecular complexity index is 588. The standard InChI is InChI=1S/C13H13N5/c1-15-13-16-7-6-12(17-13)18(2)11-5-3-4-10(8-11)9-14/h3-8H,1-2H3,(H,15,16,17). The number of nitrogens with zero attached hydrogens (tertiary/aromatic N) is 4. The molecule has 0 spiro atoms. The van der Waals surface area contributed by atoms with Crippen LogP contribution in [0.15, 0.2) is 36.5 Å². The summed E-state index contributed by atoms with van der Waals surface area (Å²) in [6.07, 6.45) is 1.69. The smallest absolute Gasteiger partial charge is 0.224 e. The molecule has 1 aromatic heterocycles. The first-order valence-corrected chi connectivity index (χ1v) is 5.49. The second-order valence-electron chi connectivity index (χ2n) is 3.71. The molecule has 0 bridgehead atoms. The first-order valence-electron chi connectivity index (χ1n) is 5.49. The monoisotopic (exact) mass is 239 g/mol. The van der Waals surface area contributed by atoms with Crippen molar-refractivity contribution in [2.24, 2.45) is 0 Å². The van der Waals surface area contributed by atoms with Crippen LogP contribution in [0.5, 0.6) is 0 Å². The van der Waals surface area contributed by atoms with Crippen LogP contribution < -0.4 is 10.2 Å². The highest BCUT2D eigenvalue weighted by Gasteiger charge is 2.06. The Morgan fingerprint density at radius 1 is 1.33 bits per heavy atom. The first-order chi connectivity index (χ1) is 8.74. The van der Waals surface area contributed by atoms with Crippen LogP contribution >= 0.6 is 0 Å². The third-order valence-electron chi connectivity index (χ3n) is 2.57. The van der Waals surface area contributed by atoms with E-state index >= 15 is 0 Å². The fourth-order valence-electron chi connectivity index (χ4n) is 1.57. The average molecular weight is 239 g/mol. The minimum absolute atomic E-state index is 0.566. The van der Waals surface area contributed by atoms with Crippen molar-refractivity contribution < 1.29 is 0 Å². The van der Waals surface area contributed by atoms with Crippen molar-refractivity contribution >= 4 is 17.5 Å². The van der Waals surface area contributed by atoms with Crippen LogP contribution in [0.4, 0.5) is 17.5 Å². The number of aromatic nitrogens is 2. The molecule has 0 unspecified atom stereocenters. The molecule has 0 aliphatic rings. The van der Waals surface area contributed by atoms with Crippen molar-refractivity contribution in [1.29, 1.82) is 5.26 Å². The number of nitrogens with one attached hydrogen (secondary N) is 1. The van der Waals surface area contributed by atoms with E-state index in [9.17, 15) is 0 Å². The van der Waals surface area contributed by atoms with Gasteiger partial charge < -0.3 is 10.2 Å². The van der Waals surface area contributed by atoms with Gasteiger partial charge in [-0.25, -0.2) is 4.98 Å². The largest absolute Gasteiger partial charge is 0.357 e. The Balaban J connectivity index is 2.35. The van der Waals surface area contributed by atoms with Crippen molar-refractivity contribution in [1.82, 2.24) is 9.97 Å². The zero-order valence-corrected chi connectivity index (χ0v) is 10.3. The van der Waals surface area contributed by atoms with Gasteiger partial charge in [-0.05, 0) is 24.3 Å². The number of benzene rings is 1. The summed E-state index contributed by atoms with van der Waals surface area (Å²) < 4.78 is 0. The molecule has 1 aromatic carbocycles. The fraction of sp³-hybridized carbons (Fsp3) is 0.154. The van der Waals surface area contributed by atoms with Crippen molar-refractivity contribution in [3.05, 3.63) is 42.1 Å². The topological polar surface area (TPSA) is 64.8 Å². The molecule has 90 valence electrons. The van der Waals surface area contributed by atoms with E-state index in [1.165, 1.54) is 0 Å². The molecule has 1 heterocycles. The van der Waals surface area contributed by atoms with Crippen LogP contribution in [0.2, 0.25) is 0 Å². The van der Waals surface area contributed by atoms with E-state index < -0.39 is 0 Å². The van der Waals surface area contributed by atoms with Crippen LogP contribution in [-0.4, -0.2) is 24.1 Å². The molecule has 0 aliphatic heterocycles. The number of nitriles is 1. The Morgan fingerprint density at radius 2 is 2.17 bits per heavy atom. The maximum atomic E-state index is 8.89. The van der Waals surface area contributed by atoms with Gasteiger partial charge in [0.25, 0.3) is 0 Å². The molecule has 0 amide bonds. The molecule has 2 aromatic rings. The van der Waals surface area contributed by atoms with Crippen molar-refractivity contribution in [3.63, 3.8) is 0 Å². The van der Waals surface area contributed by atoms with Gasteiger partial charge in [0.2, 0.25) is 5.95 Å². The molecule has 0 atom stereocenters. The summed E-state index contributed by atoms with van der Waals surface area (Å²) in [6, 6.07) is 11.3. The summed E-state index contributed by atoms with van der Waals surface area (Å²) in [5.41, 5.74) is 1.54. The van der Waals surface area contributed by atoms with Crippen LogP contribution in [0.3, 0.4) is 0 Å². The summed E-state index contributed by atoms with van der Waals surface area (Å²) >= 11 is 0. The molecule has 1 N–H and O–H groups in total. The fourth-order valence-corrected chi connectivity index (χ4v) is 1.57. The van der Waals surface area contributed by atoms with Gasteiger partial charge in [0.05, 0.1) is 11.6 Å². The second kappa shape index (κ2) is 5.15. The van der Waals surface area contributed by atoms with E-state index in [0.717, 1.165) is 11.5 Å². The van der Waals surface area contributed by atoms with Gasteiger partial charge in [-0.1, -0.05) is 6.07 Å². The third kappa shape index (κ3) is 2.38. The molecule has 0 saturated carbocycles. The molecule has 0 fully saturated rings. The van der Waals surface area contributed by atoms with Crippen LogP contribution in [0.25, 0.3) is 0 Å². The Kier molecular flexibility index (Phi) is 3.39. The van der Waals surface area contributed by atoms with E-state index in [0.29, 0.717) is 11.5 Å². The van der Waals surface area contributed by atoms with Gasteiger partial charge in [0.1, 0.15) is 5.82 Å². The van der Waals surface area contributed by atoms with Gasteiger partial charge in [0.15, 0.2) is 0 Å². The van der Waals surface area contributed by atoms with Gasteiger partial charge >= 0.3 is 0 Å².